The Morgan fingerprint density at radius 2 is 2.20 bits per heavy atom. The highest BCUT2D eigenvalue weighted by molar-refractivity contribution is 14.1. The molecule has 0 aliphatic heterocycles. The summed E-state index contributed by atoms with van der Waals surface area (Å²) in [7, 11) is 0. The highest BCUT2D eigenvalue weighted by Crippen LogP contribution is 2.13. The van der Waals surface area contributed by atoms with Crippen molar-refractivity contribution in [1.82, 2.24) is 20.7 Å². The Balaban J connectivity index is 2.58. The van der Waals surface area contributed by atoms with Crippen molar-refractivity contribution in [2.24, 2.45) is 5.92 Å². The molecule has 0 saturated heterocycles. The highest BCUT2D eigenvalue weighted by Gasteiger charge is 2.13. The third kappa shape index (κ3) is 6.76. The Labute approximate surface area is 133 Å². The summed E-state index contributed by atoms with van der Waals surface area (Å²) in [5.41, 5.74) is 2.70. The lowest BCUT2D eigenvalue weighted by molar-refractivity contribution is 0.335. The Kier molecular flexibility index (Phi) is 7.04. The lowest BCUT2D eigenvalue weighted by atomic mass is 10.1. The second-order valence-corrected chi connectivity index (χ2v) is 8.01. The number of alkyl halides is 1. The van der Waals surface area contributed by atoms with Crippen LogP contribution in [0.5, 0.6) is 0 Å². The van der Waals surface area contributed by atoms with Gasteiger partial charge in [0.1, 0.15) is 5.82 Å². The average molecular weight is 395 g/mol. The van der Waals surface area contributed by atoms with E-state index in [0.717, 1.165) is 6.42 Å². The van der Waals surface area contributed by atoms with Crippen LogP contribution in [0, 0.1) is 5.92 Å². The van der Waals surface area contributed by atoms with Gasteiger partial charge in [-0.3, -0.25) is 5.32 Å². The van der Waals surface area contributed by atoms with E-state index >= 15 is 0 Å². The summed E-state index contributed by atoms with van der Waals surface area (Å²) in [5, 5.41) is 3.73. The molecule has 20 heavy (non-hydrogen) atoms. The zero-order valence-corrected chi connectivity index (χ0v) is 14.6. The minimum Gasteiger partial charge on any atom is -0.296 e. The molecule has 0 aliphatic carbocycles. The van der Waals surface area contributed by atoms with E-state index < -0.39 is 0 Å². The van der Waals surface area contributed by atoms with Gasteiger partial charge in [-0.25, -0.2) is 15.4 Å². The molecule has 0 bridgehead atoms. The fourth-order valence-corrected chi connectivity index (χ4v) is 1.52. The first-order valence-electron chi connectivity index (χ1n) is 6.77. The second-order valence-electron chi connectivity index (χ2n) is 5.31. The summed E-state index contributed by atoms with van der Waals surface area (Å²) in [6.07, 6.45) is 2.57. The number of halogens is 2. The molecule has 0 aliphatic rings. The molecule has 7 heteroatoms. The van der Waals surface area contributed by atoms with Crippen LogP contribution in [0.2, 0.25) is 0 Å². The highest BCUT2D eigenvalue weighted by atomic mass is 127. The first-order chi connectivity index (χ1) is 9.31. The molecule has 1 aromatic rings. The predicted octanol–water partition coefficient (Wildman–Crippen LogP) is 2.98. The van der Waals surface area contributed by atoms with Gasteiger partial charge in [0, 0.05) is 18.8 Å². The quantitative estimate of drug-likeness (QED) is 0.233. The number of nitrogens with zero attached hydrogens (tertiary/aromatic N) is 3. The summed E-state index contributed by atoms with van der Waals surface area (Å²) in [4.78, 5) is 8.33. The van der Waals surface area contributed by atoms with Gasteiger partial charge < -0.3 is 0 Å². The molecule has 1 aromatic heterocycles. The summed E-state index contributed by atoms with van der Waals surface area (Å²) < 4.78 is 13.8. The van der Waals surface area contributed by atoms with E-state index in [-0.39, 0.29) is 9.36 Å². The van der Waals surface area contributed by atoms with Crippen molar-refractivity contribution in [2.75, 3.05) is 11.8 Å². The zero-order chi connectivity index (χ0) is 15.2. The van der Waals surface area contributed by atoms with Crippen LogP contribution < -0.4 is 16.0 Å². The second kappa shape index (κ2) is 8.04. The number of aromatic nitrogens is 2. The van der Waals surface area contributed by atoms with Gasteiger partial charge in [0.2, 0.25) is 0 Å². The number of hydrazine groups is 1. The average Bonchev–Trinajstić information content (AvgIpc) is 2.41. The first kappa shape index (κ1) is 17.5. The molecule has 114 valence electrons. The standard InChI is InChI=1S/C13H23FIN5/c1-5-10(2)8-18-20(14)12-6-7-16-11(19-12)9-17-13(3,4)15/h6-7,10,17-18H,5,8-9H2,1-4H3/t10-/m0/s1. The van der Waals surface area contributed by atoms with E-state index in [1.54, 1.807) is 12.3 Å². The van der Waals surface area contributed by atoms with Gasteiger partial charge in [-0.2, -0.15) is 0 Å². The van der Waals surface area contributed by atoms with Crippen molar-refractivity contribution >= 4 is 28.4 Å². The lowest BCUT2D eigenvalue weighted by Gasteiger charge is -2.19. The zero-order valence-electron chi connectivity index (χ0n) is 12.5. The summed E-state index contributed by atoms with van der Waals surface area (Å²) in [5.74, 6) is 1.21. The molecule has 0 unspecified atom stereocenters. The lowest BCUT2D eigenvalue weighted by Crippen LogP contribution is -2.35. The Morgan fingerprint density at radius 3 is 2.80 bits per heavy atom. The Morgan fingerprint density at radius 1 is 1.50 bits per heavy atom. The largest absolute Gasteiger partial charge is 0.296 e. The van der Waals surface area contributed by atoms with Crippen molar-refractivity contribution in [1.29, 1.82) is 0 Å². The van der Waals surface area contributed by atoms with Gasteiger partial charge in [-0.05, 0) is 19.8 Å². The third-order valence-corrected chi connectivity index (χ3v) is 3.22. The maximum atomic E-state index is 13.9. The number of anilines is 1. The fraction of sp³-hybridized carbons (Fsp3) is 0.692. The van der Waals surface area contributed by atoms with E-state index in [4.69, 9.17) is 0 Å². The number of nitrogens with one attached hydrogen (secondary N) is 2. The Bertz CT molecular complexity index is 410. The first-order valence-corrected chi connectivity index (χ1v) is 7.85. The summed E-state index contributed by atoms with van der Waals surface area (Å²) >= 11 is 2.29. The van der Waals surface area contributed by atoms with Gasteiger partial charge >= 0.3 is 0 Å². The van der Waals surface area contributed by atoms with Crippen LogP contribution in [-0.4, -0.2) is 20.1 Å². The number of rotatable bonds is 8. The monoisotopic (exact) mass is 395 g/mol. The molecular weight excluding hydrogens is 372 g/mol. The van der Waals surface area contributed by atoms with Gasteiger partial charge in [-0.1, -0.05) is 47.3 Å². The number of hydrogen-bond acceptors (Lipinski definition) is 5. The van der Waals surface area contributed by atoms with Crippen molar-refractivity contribution in [3.05, 3.63) is 18.1 Å². The van der Waals surface area contributed by atoms with E-state index in [0.29, 0.717) is 30.1 Å². The van der Waals surface area contributed by atoms with Crippen molar-refractivity contribution in [2.45, 2.75) is 44.2 Å². The van der Waals surface area contributed by atoms with Crippen LogP contribution in [0.3, 0.4) is 0 Å². The predicted molar refractivity (Wildman–Crippen MR) is 88.0 cm³/mol. The maximum Gasteiger partial charge on any atom is 0.179 e. The van der Waals surface area contributed by atoms with Gasteiger partial charge in [0.25, 0.3) is 0 Å². The van der Waals surface area contributed by atoms with E-state index in [9.17, 15) is 4.48 Å². The van der Waals surface area contributed by atoms with Crippen molar-refractivity contribution < 1.29 is 4.48 Å². The molecule has 2 N–H and O–H groups in total. The molecule has 0 aromatic carbocycles. The van der Waals surface area contributed by atoms with Crippen LogP contribution in [0.4, 0.5) is 10.3 Å². The van der Waals surface area contributed by atoms with E-state index in [1.165, 1.54) is 0 Å². The SMILES string of the molecule is CC[C@H](C)CNN(F)c1ccnc(CNC(C)(C)I)n1. The molecule has 1 rings (SSSR count). The topological polar surface area (TPSA) is 53.1 Å². The van der Waals surface area contributed by atoms with Gasteiger partial charge in [0.05, 0.1) is 10.1 Å². The minimum absolute atomic E-state index is 0.0542. The Hall–Kier alpha value is -0.540. The summed E-state index contributed by atoms with van der Waals surface area (Å²) in [6.45, 7) is 9.32. The molecule has 5 nitrogen and oxygen atoms in total. The molecule has 1 heterocycles. The minimum atomic E-state index is -0.0542. The van der Waals surface area contributed by atoms with Crippen LogP contribution >= 0.6 is 22.6 Å². The maximum absolute atomic E-state index is 13.9. The fourth-order valence-electron chi connectivity index (χ4n) is 1.33. The summed E-state index contributed by atoms with van der Waals surface area (Å²) in [6, 6.07) is 1.54. The molecule has 0 fully saturated rings. The molecule has 0 radical (unpaired) electrons. The van der Waals surface area contributed by atoms with Crippen LogP contribution in [0.1, 0.15) is 39.9 Å². The molecule has 0 saturated carbocycles. The molecule has 0 spiro atoms. The normalized spacial score (nSPS) is 13.3. The smallest absolute Gasteiger partial charge is 0.179 e. The third-order valence-electron chi connectivity index (χ3n) is 2.83. The van der Waals surface area contributed by atoms with Crippen LogP contribution in [-0.2, 0) is 6.54 Å². The molecular formula is C13H23FIN5. The molecule has 1 atom stereocenters. The van der Waals surface area contributed by atoms with Crippen molar-refractivity contribution in [3.8, 4) is 0 Å². The van der Waals surface area contributed by atoms with Crippen molar-refractivity contribution in [3.63, 3.8) is 0 Å². The van der Waals surface area contributed by atoms with Crippen LogP contribution in [0.15, 0.2) is 12.3 Å². The van der Waals surface area contributed by atoms with E-state index in [1.807, 2.05) is 13.8 Å². The molecule has 0 amide bonds. The van der Waals surface area contributed by atoms with Gasteiger partial charge in [0.15, 0.2) is 5.82 Å². The van der Waals surface area contributed by atoms with Crippen LogP contribution in [0.25, 0.3) is 0 Å². The van der Waals surface area contributed by atoms with Gasteiger partial charge in [-0.15, -0.1) is 5.23 Å². The van der Waals surface area contributed by atoms with E-state index in [2.05, 4.69) is 57.1 Å². The number of hydrogen-bond donors (Lipinski definition) is 2.